The standard InChI is InChI=1S/C42H29N/c1-3-12-30(13-4-1)36-18-9-10-19-37(36)32-22-26-35(27-23-32)43(34-16-5-2-6-17-34)41-21-11-15-33-25-28-39-38-20-8-7-14-31(38)24-29-40(39)42(33)41/h1-29H. The molecule has 0 unspecified atom stereocenters. The SMILES string of the molecule is c1ccc(-c2ccccc2-c2ccc(N(c3ccccc3)c3cccc4ccc5c6ccccc6ccc5c34)cc2)cc1. The Morgan fingerprint density at radius 1 is 0.302 bits per heavy atom. The third kappa shape index (κ3) is 4.43. The Hall–Kier alpha value is -5.66. The zero-order valence-electron chi connectivity index (χ0n) is 23.7. The van der Waals surface area contributed by atoms with E-state index in [9.17, 15) is 0 Å². The van der Waals surface area contributed by atoms with E-state index in [-0.39, 0.29) is 0 Å². The van der Waals surface area contributed by atoms with Crippen LogP contribution in [0.5, 0.6) is 0 Å². The van der Waals surface area contributed by atoms with Crippen LogP contribution in [0.1, 0.15) is 0 Å². The van der Waals surface area contributed by atoms with Crippen LogP contribution in [0.4, 0.5) is 17.1 Å². The van der Waals surface area contributed by atoms with Gasteiger partial charge in [0.15, 0.2) is 0 Å². The maximum atomic E-state index is 2.39. The highest BCUT2D eigenvalue weighted by molar-refractivity contribution is 6.21. The minimum Gasteiger partial charge on any atom is -0.310 e. The molecule has 0 saturated carbocycles. The van der Waals surface area contributed by atoms with Crippen LogP contribution in [0.25, 0.3) is 54.6 Å². The summed E-state index contributed by atoms with van der Waals surface area (Å²) < 4.78 is 0. The molecule has 0 fully saturated rings. The Morgan fingerprint density at radius 2 is 0.860 bits per heavy atom. The fourth-order valence-corrected chi connectivity index (χ4v) is 6.44. The predicted molar refractivity (Wildman–Crippen MR) is 185 cm³/mol. The van der Waals surface area contributed by atoms with Gasteiger partial charge in [0.25, 0.3) is 0 Å². The van der Waals surface area contributed by atoms with Crippen molar-refractivity contribution in [2.24, 2.45) is 0 Å². The predicted octanol–water partition coefficient (Wildman–Crippen LogP) is 11.9. The van der Waals surface area contributed by atoms with Crippen LogP contribution in [0.3, 0.4) is 0 Å². The number of fused-ring (bicyclic) bond motifs is 5. The number of rotatable bonds is 5. The van der Waals surface area contributed by atoms with Crippen LogP contribution < -0.4 is 4.90 Å². The first-order chi connectivity index (χ1) is 21.3. The number of anilines is 3. The van der Waals surface area contributed by atoms with Gasteiger partial charge in [0.1, 0.15) is 0 Å². The number of nitrogens with zero attached hydrogens (tertiary/aromatic N) is 1. The lowest BCUT2D eigenvalue weighted by Crippen LogP contribution is -2.10. The van der Waals surface area contributed by atoms with E-state index in [0.717, 1.165) is 11.4 Å². The first-order valence-electron chi connectivity index (χ1n) is 14.8. The molecule has 0 radical (unpaired) electrons. The highest BCUT2D eigenvalue weighted by atomic mass is 15.1. The first kappa shape index (κ1) is 25.1. The van der Waals surface area contributed by atoms with Gasteiger partial charge in [-0.05, 0) is 79.5 Å². The van der Waals surface area contributed by atoms with Crippen LogP contribution in [0.2, 0.25) is 0 Å². The van der Waals surface area contributed by atoms with Gasteiger partial charge in [-0.2, -0.15) is 0 Å². The van der Waals surface area contributed by atoms with Gasteiger partial charge in [0, 0.05) is 16.8 Å². The normalized spacial score (nSPS) is 11.3. The molecule has 0 aromatic heterocycles. The fraction of sp³-hybridized carbons (Fsp3) is 0. The van der Waals surface area contributed by atoms with Crippen molar-refractivity contribution in [3.05, 3.63) is 176 Å². The fourth-order valence-electron chi connectivity index (χ4n) is 6.44. The largest absolute Gasteiger partial charge is 0.310 e. The van der Waals surface area contributed by atoms with Gasteiger partial charge >= 0.3 is 0 Å². The van der Waals surface area contributed by atoms with E-state index in [1.54, 1.807) is 0 Å². The van der Waals surface area contributed by atoms with E-state index in [2.05, 4.69) is 181 Å². The summed E-state index contributed by atoms with van der Waals surface area (Å²) in [5.41, 5.74) is 8.32. The van der Waals surface area contributed by atoms with Gasteiger partial charge in [-0.3, -0.25) is 0 Å². The van der Waals surface area contributed by atoms with Gasteiger partial charge in [-0.1, -0.05) is 146 Å². The van der Waals surface area contributed by atoms with Crippen LogP contribution in [0.15, 0.2) is 176 Å². The van der Waals surface area contributed by atoms with E-state index in [0.29, 0.717) is 0 Å². The first-order valence-corrected chi connectivity index (χ1v) is 14.8. The molecule has 1 nitrogen and oxygen atoms in total. The number of para-hydroxylation sites is 1. The second-order valence-electron chi connectivity index (χ2n) is 11.0. The van der Waals surface area contributed by atoms with Crippen molar-refractivity contribution < 1.29 is 0 Å². The average Bonchev–Trinajstić information content (AvgIpc) is 3.09. The van der Waals surface area contributed by atoms with Crippen molar-refractivity contribution in [2.45, 2.75) is 0 Å². The number of benzene rings is 8. The van der Waals surface area contributed by atoms with Crippen molar-refractivity contribution in [3.63, 3.8) is 0 Å². The van der Waals surface area contributed by atoms with Crippen molar-refractivity contribution in [3.8, 4) is 22.3 Å². The zero-order chi connectivity index (χ0) is 28.6. The molecule has 0 N–H and O–H groups in total. The molecule has 8 aromatic rings. The summed E-state index contributed by atoms with van der Waals surface area (Å²) in [6.07, 6.45) is 0. The van der Waals surface area contributed by atoms with Crippen molar-refractivity contribution >= 4 is 49.4 Å². The van der Waals surface area contributed by atoms with Crippen LogP contribution in [-0.2, 0) is 0 Å². The van der Waals surface area contributed by atoms with Crippen molar-refractivity contribution in [1.29, 1.82) is 0 Å². The monoisotopic (exact) mass is 547 g/mol. The summed E-state index contributed by atoms with van der Waals surface area (Å²) in [6.45, 7) is 0. The lowest BCUT2D eigenvalue weighted by atomic mass is 9.94. The average molecular weight is 548 g/mol. The maximum Gasteiger partial charge on any atom is 0.0546 e. The number of hydrogen-bond acceptors (Lipinski definition) is 1. The molecule has 43 heavy (non-hydrogen) atoms. The zero-order valence-corrected chi connectivity index (χ0v) is 23.7. The molecule has 0 aliphatic carbocycles. The van der Waals surface area contributed by atoms with E-state index >= 15 is 0 Å². The highest BCUT2D eigenvalue weighted by Gasteiger charge is 2.18. The smallest absolute Gasteiger partial charge is 0.0546 e. The molecule has 0 bridgehead atoms. The van der Waals surface area contributed by atoms with E-state index < -0.39 is 0 Å². The summed E-state index contributed by atoms with van der Waals surface area (Å²) in [6, 6.07) is 63.4. The van der Waals surface area contributed by atoms with Gasteiger partial charge in [0.2, 0.25) is 0 Å². The van der Waals surface area contributed by atoms with Gasteiger partial charge < -0.3 is 4.90 Å². The molecule has 0 atom stereocenters. The second kappa shape index (κ2) is 10.6. The van der Waals surface area contributed by atoms with E-state index in [1.165, 1.54) is 60.3 Å². The topological polar surface area (TPSA) is 3.24 Å². The van der Waals surface area contributed by atoms with E-state index in [4.69, 9.17) is 0 Å². The Kier molecular flexibility index (Phi) is 6.20. The molecule has 8 aromatic carbocycles. The quantitative estimate of drug-likeness (QED) is 0.194. The minimum absolute atomic E-state index is 1.12. The lowest BCUT2D eigenvalue weighted by Gasteiger charge is -2.27. The Bertz CT molecular complexity index is 2220. The van der Waals surface area contributed by atoms with Crippen LogP contribution >= 0.6 is 0 Å². The minimum atomic E-state index is 1.12. The Labute approximate surface area is 251 Å². The molecule has 202 valence electrons. The molecule has 0 amide bonds. The molecular formula is C42H29N. The molecule has 8 rings (SSSR count). The van der Waals surface area contributed by atoms with Crippen LogP contribution in [0, 0.1) is 0 Å². The third-order valence-electron chi connectivity index (χ3n) is 8.45. The van der Waals surface area contributed by atoms with Crippen molar-refractivity contribution in [2.75, 3.05) is 4.90 Å². The maximum absolute atomic E-state index is 2.39. The van der Waals surface area contributed by atoms with Crippen LogP contribution in [-0.4, -0.2) is 0 Å². The number of hydrogen-bond donors (Lipinski definition) is 0. The summed E-state index contributed by atoms with van der Waals surface area (Å²) in [5, 5.41) is 7.57. The molecule has 0 saturated heterocycles. The van der Waals surface area contributed by atoms with Gasteiger partial charge in [0.05, 0.1) is 5.69 Å². The van der Waals surface area contributed by atoms with Crippen molar-refractivity contribution in [1.82, 2.24) is 0 Å². The molecule has 0 heterocycles. The molecular weight excluding hydrogens is 518 g/mol. The Balaban J connectivity index is 1.32. The summed E-state index contributed by atoms with van der Waals surface area (Å²) in [4.78, 5) is 2.39. The molecule has 1 heteroatoms. The Morgan fingerprint density at radius 3 is 1.63 bits per heavy atom. The van der Waals surface area contributed by atoms with Gasteiger partial charge in [-0.15, -0.1) is 0 Å². The highest BCUT2D eigenvalue weighted by Crippen LogP contribution is 2.43. The summed E-state index contributed by atoms with van der Waals surface area (Å²) >= 11 is 0. The summed E-state index contributed by atoms with van der Waals surface area (Å²) in [5.74, 6) is 0. The van der Waals surface area contributed by atoms with E-state index in [1.807, 2.05) is 0 Å². The lowest BCUT2D eigenvalue weighted by molar-refractivity contribution is 1.30. The molecule has 0 aliphatic rings. The summed E-state index contributed by atoms with van der Waals surface area (Å²) in [7, 11) is 0. The van der Waals surface area contributed by atoms with Gasteiger partial charge in [-0.25, -0.2) is 0 Å². The molecule has 0 spiro atoms. The third-order valence-corrected chi connectivity index (χ3v) is 8.45. The second-order valence-corrected chi connectivity index (χ2v) is 11.0. The molecule has 0 aliphatic heterocycles.